The number of piperidine rings is 1. The lowest BCUT2D eigenvalue weighted by Crippen LogP contribution is -2.41. The predicted octanol–water partition coefficient (Wildman–Crippen LogP) is 1.48. The molecule has 1 unspecified atom stereocenters. The fraction of sp³-hybridized carbons (Fsp3) is 0.500. The van der Waals surface area contributed by atoms with Crippen LogP contribution in [0.15, 0.2) is 30.9 Å². The summed E-state index contributed by atoms with van der Waals surface area (Å²) in [5.41, 5.74) is 0.740. The van der Waals surface area contributed by atoms with E-state index in [1.807, 2.05) is 28.6 Å². The Balaban J connectivity index is 1.62. The molecule has 2 aromatic rings. The molecular weight excluding hydrogens is 294 g/mol. The molecule has 7 heteroatoms. The molecule has 0 aliphatic carbocycles. The normalized spacial score (nSPS) is 18.0. The maximum atomic E-state index is 12.6. The zero-order valence-corrected chi connectivity index (χ0v) is 13.3. The molecule has 3 heterocycles. The summed E-state index contributed by atoms with van der Waals surface area (Å²) >= 11 is 0. The van der Waals surface area contributed by atoms with Crippen LogP contribution in [-0.2, 0) is 11.2 Å². The Morgan fingerprint density at radius 1 is 1.43 bits per heavy atom. The zero-order chi connectivity index (χ0) is 16.1. The number of carbonyl (C=O) groups excluding carboxylic acids is 1. The second kappa shape index (κ2) is 7.21. The summed E-state index contributed by atoms with van der Waals surface area (Å²) in [5, 5.41) is 4.19. The molecule has 1 aliphatic rings. The van der Waals surface area contributed by atoms with Crippen LogP contribution in [0.3, 0.4) is 0 Å². The lowest BCUT2D eigenvalue weighted by Gasteiger charge is -2.32. The Labute approximate surface area is 135 Å². The Hall–Kier alpha value is -2.44. The van der Waals surface area contributed by atoms with E-state index in [9.17, 15) is 4.79 Å². The second-order valence-electron chi connectivity index (χ2n) is 5.59. The van der Waals surface area contributed by atoms with Crippen LogP contribution >= 0.6 is 0 Å². The minimum atomic E-state index is 0.0935. The van der Waals surface area contributed by atoms with E-state index in [0.29, 0.717) is 25.5 Å². The number of hydrogen-bond donors (Lipinski definition) is 0. The third kappa shape index (κ3) is 3.85. The number of pyridine rings is 1. The molecule has 0 radical (unpaired) electrons. The highest BCUT2D eigenvalue weighted by Gasteiger charge is 2.25. The molecule has 1 aliphatic heterocycles. The van der Waals surface area contributed by atoms with Crippen LogP contribution in [0, 0.1) is 0 Å². The van der Waals surface area contributed by atoms with Gasteiger partial charge in [0.15, 0.2) is 0 Å². The number of nitrogens with zero attached hydrogens (tertiary/aromatic N) is 5. The van der Waals surface area contributed by atoms with E-state index < -0.39 is 0 Å². The second-order valence-corrected chi connectivity index (χ2v) is 5.59. The van der Waals surface area contributed by atoms with Crippen LogP contribution in [0.5, 0.6) is 5.88 Å². The van der Waals surface area contributed by atoms with Crippen molar-refractivity contribution in [1.82, 2.24) is 24.6 Å². The third-order valence-electron chi connectivity index (χ3n) is 3.97. The molecule has 0 N–H and O–H groups in total. The topological polar surface area (TPSA) is 73.1 Å². The maximum absolute atomic E-state index is 12.6. The largest absolute Gasteiger partial charge is 0.478 e. The van der Waals surface area contributed by atoms with Crippen molar-refractivity contribution in [2.24, 2.45) is 0 Å². The number of amides is 1. The summed E-state index contributed by atoms with van der Waals surface area (Å²) in [6.45, 7) is 3.94. The van der Waals surface area contributed by atoms with Gasteiger partial charge in [-0.25, -0.2) is 14.6 Å². The maximum Gasteiger partial charge on any atom is 0.228 e. The van der Waals surface area contributed by atoms with Crippen molar-refractivity contribution >= 4 is 5.91 Å². The van der Waals surface area contributed by atoms with Gasteiger partial charge in [-0.1, -0.05) is 6.07 Å². The van der Waals surface area contributed by atoms with E-state index in [1.165, 1.54) is 6.33 Å². The first-order chi connectivity index (χ1) is 11.3. The molecular formula is C16H21N5O2. The summed E-state index contributed by atoms with van der Waals surface area (Å²) in [4.78, 5) is 22.8. The molecule has 1 saturated heterocycles. The fourth-order valence-electron chi connectivity index (χ4n) is 2.85. The number of ether oxygens (including phenoxy) is 1. The minimum Gasteiger partial charge on any atom is -0.478 e. The van der Waals surface area contributed by atoms with Crippen molar-refractivity contribution in [3.63, 3.8) is 0 Å². The number of rotatable bonds is 5. The van der Waals surface area contributed by atoms with Gasteiger partial charge in [0.05, 0.1) is 24.8 Å². The molecule has 1 fully saturated rings. The van der Waals surface area contributed by atoms with E-state index in [0.717, 1.165) is 25.1 Å². The Bertz CT molecular complexity index is 644. The smallest absolute Gasteiger partial charge is 0.228 e. The Morgan fingerprint density at radius 2 is 2.35 bits per heavy atom. The van der Waals surface area contributed by atoms with E-state index >= 15 is 0 Å². The number of aromatic nitrogens is 4. The van der Waals surface area contributed by atoms with Crippen LogP contribution < -0.4 is 4.74 Å². The van der Waals surface area contributed by atoms with Crippen molar-refractivity contribution in [3.05, 3.63) is 36.5 Å². The summed E-state index contributed by atoms with van der Waals surface area (Å²) in [6.07, 6.45) is 5.54. The first kappa shape index (κ1) is 15.5. The van der Waals surface area contributed by atoms with E-state index in [2.05, 4.69) is 15.1 Å². The van der Waals surface area contributed by atoms with Crippen molar-refractivity contribution in [2.45, 2.75) is 32.2 Å². The Kier molecular flexibility index (Phi) is 4.85. The molecule has 3 rings (SSSR count). The summed E-state index contributed by atoms with van der Waals surface area (Å²) in [7, 11) is 0. The highest BCUT2D eigenvalue weighted by molar-refractivity contribution is 5.78. The lowest BCUT2D eigenvalue weighted by atomic mass is 10.1. The predicted molar refractivity (Wildman–Crippen MR) is 84.0 cm³/mol. The van der Waals surface area contributed by atoms with Gasteiger partial charge in [0.1, 0.15) is 12.7 Å². The molecule has 1 atom stereocenters. The quantitative estimate of drug-likeness (QED) is 0.835. The van der Waals surface area contributed by atoms with Crippen molar-refractivity contribution in [3.8, 4) is 5.88 Å². The van der Waals surface area contributed by atoms with Crippen molar-refractivity contribution in [1.29, 1.82) is 0 Å². The summed E-state index contributed by atoms with van der Waals surface area (Å²) in [5.74, 6) is 0.660. The van der Waals surface area contributed by atoms with Gasteiger partial charge >= 0.3 is 0 Å². The van der Waals surface area contributed by atoms with Crippen LogP contribution in [0.25, 0.3) is 0 Å². The van der Waals surface area contributed by atoms with Gasteiger partial charge in [-0.15, -0.1) is 0 Å². The van der Waals surface area contributed by atoms with Gasteiger partial charge in [-0.2, -0.15) is 5.10 Å². The molecule has 0 spiro atoms. The van der Waals surface area contributed by atoms with E-state index in [4.69, 9.17) is 4.74 Å². The zero-order valence-electron chi connectivity index (χ0n) is 13.3. The molecule has 0 aromatic carbocycles. The minimum absolute atomic E-state index is 0.0935. The van der Waals surface area contributed by atoms with E-state index in [-0.39, 0.29) is 11.9 Å². The van der Waals surface area contributed by atoms with Crippen LogP contribution in [0.1, 0.15) is 31.5 Å². The SMILES string of the molecule is CCOc1cccc(CC(=O)N2CCCC(n3cncn3)C2)n1. The average molecular weight is 315 g/mol. The molecule has 0 bridgehead atoms. The summed E-state index contributed by atoms with van der Waals surface area (Å²) < 4.78 is 7.23. The first-order valence-corrected chi connectivity index (χ1v) is 7.97. The van der Waals surface area contributed by atoms with E-state index in [1.54, 1.807) is 12.4 Å². The third-order valence-corrected chi connectivity index (χ3v) is 3.97. The highest BCUT2D eigenvalue weighted by atomic mass is 16.5. The van der Waals surface area contributed by atoms with Crippen LogP contribution in [0.4, 0.5) is 0 Å². The molecule has 122 valence electrons. The molecule has 7 nitrogen and oxygen atoms in total. The average Bonchev–Trinajstić information content (AvgIpc) is 3.10. The molecule has 2 aromatic heterocycles. The van der Waals surface area contributed by atoms with Crippen molar-refractivity contribution in [2.75, 3.05) is 19.7 Å². The molecule has 0 saturated carbocycles. The highest BCUT2D eigenvalue weighted by Crippen LogP contribution is 2.21. The Morgan fingerprint density at radius 3 is 3.13 bits per heavy atom. The summed E-state index contributed by atoms with van der Waals surface area (Å²) in [6, 6.07) is 5.74. The lowest BCUT2D eigenvalue weighted by molar-refractivity contribution is -0.132. The number of carbonyl (C=O) groups is 1. The van der Waals surface area contributed by atoms with Gasteiger partial charge in [-0.05, 0) is 25.8 Å². The van der Waals surface area contributed by atoms with Crippen LogP contribution in [0.2, 0.25) is 0 Å². The van der Waals surface area contributed by atoms with Crippen molar-refractivity contribution < 1.29 is 9.53 Å². The number of likely N-dealkylation sites (tertiary alicyclic amines) is 1. The monoisotopic (exact) mass is 315 g/mol. The van der Waals surface area contributed by atoms with Gasteiger partial charge in [-0.3, -0.25) is 4.79 Å². The van der Waals surface area contributed by atoms with Gasteiger partial charge in [0, 0.05) is 19.2 Å². The molecule has 1 amide bonds. The van der Waals surface area contributed by atoms with Gasteiger partial charge in [0.25, 0.3) is 0 Å². The first-order valence-electron chi connectivity index (χ1n) is 7.97. The molecule has 23 heavy (non-hydrogen) atoms. The fourth-order valence-corrected chi connectivity index (χ4v) is 2.85. The van der Waals surface area contributed by atoms with Crippen LogP contribution in [-0.4, -0.2) is 50.3 Å². The van der Waals surface area contributed by atoms with Gasteiger partial charge in [0.2, 0.25) is 11.8 Å². The van der Waals surface area contributed by atoms with Gasteiger partial charge < -0.3 is 9.64 Å². The number of hydrogen-bond acceptors (Lipinski definition) is 5. The standard InChI is InChI=1S/C16H21N5O2/c1-2-23-15-7-3-5-13(19-15)9-16(22)20-8-4-6-14(10-20)21-12-17-11-18-21/h3,5,7,11-12,14H,2,4,6,8-10H2,1H3.